The molecule has 1 aromatic rings. The number of methoxy groups -OCH3 is 1. The van der Waals surface area contributed by atoms with E-state index in [1.54, 1.807) is 7.11 Å². The maximum atomic E-state index is 5.00. The van der Waals surface area contributed by atoms with Gasteiger partial charge in [-0.05, 0) is 18.1 Å². The molecule has 12 heavy (non-hydrogen) atoms. The van der Waals surface area contributed by atoms with Crippen LogP contribution in [0.4, 0.5) is 0 Å². The summed E-state index contributed by atoms with van der Waals surface area (Å²) in [7, 11) is 1.68. The minimum atomic E-state index is 0.601. The summed E-state index contributed by atoms with van der Waals surface area (Å²) in [6.45, 7) is 6.60. The van der Waals surface area contributed by atoms with Crippen molar-refractivity contribution in [1.29, 1.82) is 0 Å². The molecule has 0 aromatic heterocycles. The van der Waals surface area contributed by atoms with Gasteiger partial charge >= 0.3 is 0 Å². The smallest absolute Gasteiger partial charge is 0.0713 e. The van der Waals surface area contributed by atoms with E-state index in [9.17, 15) is 0 Å². The van der Waals surface area contributed by atoms with Gasteiger partial charge in [-0.2, -0.15) is 0 Å². The second-order valence-electron chi connectivity index (χ2n) is 2.91. The van der Waals surface area contributed by atoms with E-state index in [4.69, 9.17) is 4.74 Å². The SMILES string of the molecule is C=C(COC)c1cccc(C)c1. The molecule has 0 saturated heterocycles. The van der Waals surface area contributed by atoms with Crippen molar-refractivity contribution < 1.29 is 4.74 Å². The summed E-state index contributed by atoms with van der Waals surface area (Å²) in [6.07, 6.45) is 0. The maximum absolute atomic E-state index is 5.00. The zero-order valence-electron chi connectivity index (χ0n) is 7.63. The normalized spacial score (nSPS) is 9.83. The molecule has 0 radical (unpaired) electrons. The van der Waals surface area contributed by atoms with Crippen molar-refractivity contribution in [2.45, 2.75) is 6.92 Å². The van der Waals surface area contributed by atoms with E-state index in [0.29, 0.717) is 6.61 Å². The van der Waals surface area contributed by atoms with Crippen LogP contribution in [0.2, 0.25) is 0 Å². The molecule has 1 heteroatoms. The lowest BCUT2D eigenvalue weighted by Gasteiger charge is -2.04. The Morgan fingerprint density at radius 2 is 2.25 bits per heavy atom. The standard InChI is InChI=1S/C11H14O/c1-9-5-4-6-11(7-9)10(2)8-12-3/h4-7H,2,8H2,1,3H3. The highest BCUT2D eigenvalue weighted by atomic mass is 16.5. The zero-order valence-corrected chi connectivity index (χ0v) is 7.63. The minimum Gasteiger partial charge on any atom is -0.380 e. The summed E-state index contributed by atoms with van der Waals surface area (Å²) in [5, 5.41) is 0. The van der Waals surface area contributed by atoms with Gasteiger partial charge < -0.3 is 4.74 Å². The molecule has 64 valence electrons. The molecule has 1 nitrogen and oxygen atoms in total. The Morgan fingerprint density at radius 1 is 1.50 bits per heavy atom. The number of rotatable bonds is 3. The van der Waals surface area contributed by atoms with E-state index in [-0.39, 0.29) is 0 Å². The van der Waals surface area contributed by atoms with E-state index in [2.05, 4.69) is 25.6 Å². The topological polar surface area (TPSA) is 9.23 Å². The van der Waals surface area contributed by atoms with Gasteiger partial charge in [0.15, 0.2) is 0 Å². The quantitative estimate of drug-likeness (QED) is 0.664. The molecule has 0 bridgehead atoms. The molecule has 0 fully saturated rings. The molecule has 0 saturated carbocycles. The highest BCUT2D eigenvalue weighted by Crippen LogP contribution is 2.13. The van der Waals surface area contributed by atoms with Crippen molar-refractivity contribution in [2.75, 3.05) is 13.7 Å². The maximum Gasteiger partial charge on any atom is 0.0713 e. The molecule has 1 aromatic carbocycles. The Bertz CT molecular complexity index is 276. The molecule has 0 unspecified atom stereocenters. The number of ether oxygens (including phenoxy) is 1. The number of benzene rings is 1. The predicted molar refractivity (Wildman–Crippen MR) is 52.1 cm³/mol. The summed E-state index contributed by atoms with van der Waals surface area (Å²) in [5.41, 5.74) is 3.45. The fraction of sp³-hybridized carbons (Fsp3) is 0.273. The van der Waals surface area contributed by atoms with Gasteiger partial charge in [-0.3, -0.25) is 0 Å². The summed E-state index contributed by atoms with van der Waals surface area (Å²) in [4.78, 5) is 0. The third-order valence-electron chi connectivity index (χ3n) is 1.74. The molecule has 0 heterocycles. The van der Waals surface area contributed by atoms with Gasteiger partial charge in [-0.1, -0.05) is 36.4 Å². The van der Waals surface area contributed by atoms with Crippen LogP contribution in [-0.4, -0.2) is 13.7 Å². The fourth-order valence-electron chi connectivity index (χ4n) is 1.12. The van der Waals surface area contributed by atoms with Gasteiger partial charge in [0.05, 0.1) is 6.61 Å². The zero-order chi connectivity index (χ0) is 8.97. The molecule has 1 rings (SSSR count). The van der Waals surface area contributed by atoms with Gasteiger partial charge in [0.2, 0.25) is 0 Å². The number of hydrogen-bond acceptors (Lipinski definition) is 1. The van der Waals surface area contributed by atoms with Crippen molar-refractivity contribution in [1.82, 2.24) is 0 Å². The number of hydrogen-bond donors (Lipinski definition) is 0. The van der Waals surface area contributed by atoms with Crippen LogP contribution in [0.25, 0.3) is 5.57 Å². The summed E-state index contributed by atoms with van der Waals surface area (Å²) < 4.78 is 5.00. The Hall–Kier alpha value is -1.08. The number of aryl methyl sites for hydroxylation is 1. The van der Waals surface area contributed by atoms with E-state index >= 15 is 0 Å². The predicted octanol–water partition coefficient (Wildman–Crippen LogP) is 2.65. The second-order valence-corrected chi connectivity index (χ2v) is 2.91. The largest absolute Gasteiger partial charge is 0.380 e. The fourth-order valence-corrected chi connectivity index (χ4v) is 1.12. The van der Waals surface area contributed by atoms with Crippen LogP contribution in [0.3, 0.4) is 0 Å². The van der Waals surface area contributed by atoms with Gasteiger partial charge in [0, 0.05) is 7.11 Å². The Balaban J connectivity index is 2.81. The van der Waals surface area contributed by atoms with E-state index in [1.807, 2.05) is 12.1 Å². The van der Waals surface area contributed by atoms with Crippen LogP contribution in [0.15, 0.2) is 30.8 Å². The first-order valence-electron chi connectivity index (χ1n) is 3.98. The molecular formula is C11H14O. The van der Waals surface area contributed by atoms with Crippen molar-refractivity contribution in [2.24, 2.45) is 0 Å². The average molecular weight is 162 g/mol. The first-order valence-corrected chi connectivity index (χ1v) is 3.98. The van der Waals surface area contributed by atoms with Gasteiger partial charge in [0.1, 0.15) is 0 Å². The highest BCUT2D eigenvalue weighted by Gasteiger charge is 1.96. The summed E-state index contributed by atoms with van der Waals surface area (Å²) >= 11 is 0. The van der Waals surface area contributed by atoms with Gasteiger partial charge in [0.25, 0.3) is 0 Å². The summed E-state index contributed by atoms with van der Waals surface area (Å²) in [6, 6.07) is 8.27. The van der Waals surface area contributed by atoms with Gasteiger partial charge in [-0.15, -0.1) is 0 Å². The molecule has 0 amide bonds. The third kappa shape index (κ3) is 2.21. The average Bonchev–Trinajstić information content (AvgIpc) is 2.05. The highest BCUT2D eigenvalue weighted by molar-refractivity contribution is 5.64. The first kappa shape index (κ1) is 9.01. The second kappa shape index (κ2) is 4.07. The Morgan fingerprint density at radius 3 is 2.83 bits per heavy atom. The lowest BCUT2D eigenvalue weighted by molar-refractivity contribution is 0.240. The van der Waals surface area contributed by atoms with Crippen LogP contribution in [0, 0.1) is 6.92 Å². The van der Waals surface area contributed by atoms with Crippen LogP contribution >= 0.6 is 0 Å². The Labute approximate surface area is 73.7 Å². The minimum absolute atomic E-state index is 0.601. The third-order valence-corrected chi connectivity index (χ3v) is 1.74. The van der Waals surface area contributed by atoms with E-state index in [1.165, 1.54) is 5.56 Å². The van der Waals surface area contributed by atoms with Gasteiger partial charge in [-0.25, -0.2) is 0 Å². The molecule has 0 aliphatic heterocycles. The van der Waals surface area contributed by atoms with E-state index in [0.717, 1.165) is 11.1 Å². The van der Waals surface area contributed by atoms with Crippen molar-refractivity contribution in [3.63, 3.8) is 0 Å². The molecule has 0 atom stereocenters. The lowest BCUT2D eigenvalue weighted by Crippen LogP contribution is -1.92. The first-order chi connectivity index (χ1) is 5.74. The Kier molecular flexibility index (Phi) is 3.06. The molecule has 0 spiro atoms. The molecular weight excluding hydrogens is 148 g/mol. The molecule has 0 N–H and O–H groups in total. The van der Waals surface area contributed by atoms with Crippen LogP contribution in [0.1, 0.15) is 11.1 Å². The van der Waals surface area contributed by atoms with Crippen LogP contribution < -0.4 is 0 Å². The summed E-state index contributed by atoms with van der Waals surface area (Å²) in [5.74, 6) is 0. The lowest BCUT2D eigenvalue weighted by atomic mass is 10.1. The van der Waals surface area contributed by atoms with Crippen molar-refractivity contribution in [3.8, 4) is 0 Å². The monoisotopic (exact) mass is 162 g/mol. The van der Waals surface area contributed by atoms with Crippen LogP contribution in [0.5, 0.6) is 0 Å². The molecule has 0 aliphatic rings. The van der Waals surface area contributed by atoms with Crippen molar-refractivity contribution >= 4 is 5.57 Å². The van der Waals surface area contributed by atoms with E-state index < -0.39 is 0 Å². The van der Waals surface area contributed by atoms with Crippen molar-refractivity contribution in [3.05, 3.63) is 42.0 Å². The molecule has 0 aliphatic carbocycles. The van der Waals surface area contributed by atoms with Crippen LogP contribution in [-0.2, 0) is 4.74 Å².